The Bertz CT molecular complexity index is 674. The number of hydrogen-bond donors (Lipinski definition) is 0. The fraction of sp³-hybridized carbons (Fsp3) is 0.562. The van der Waals surface area contributed by atoms with Crippen molar-refractivity contribution in [1.29, 1.82) is 0 Å². The van der Waals surface area contributed by atoms with Crippen LogP contribution < -0.4 is 0 Å². The van der Waals surface area contributed by atoms with Crippen LogP contribution in [0, 0.1) is 5.92 Å². The summed E-state index contributed by atoms with van der Waals surface area (Å²) in [5.74, 6) is 0.375. The Morgan fingerprint density at radius 3 is 2.32 bits per heavy atom. The average Bonchev–Trinajstić information content (AvgIpc) is 2.45. The van der Waals surface area contributed by atoms with Crippen LogP contribution in [0.1, 0.15) is 54.4 Å². The van der Waals surface area contributed by atoms with Crippen LogP contribution in [-0.4, -0.2) is 27.8 Å². The van der Waals surface area contributed by atoms with Gasteiger partial charge >= 0.3 is 5.97 Å². The zero-order valence-electron chi connectivity index (χ0n) is 13.1. The number of carbonyl (C=O) groups excluding carboxylic acids is 1. The smallest absolute Gasteiger partial charge is 0.339 e. The zero-order chi connectivity index (χ0) is 16.5. The molecule has 1 fully saturated rings. The molecular weight excluding hydrogens is 368 g/mol. The number of benzene rings is 1. The van der Waals surface area contributed by atoms with Crippen molar-refractivity contribution in [2.24, 2.45) is 5.92 Å². The van der Waals surface area contributed by atoms with Gasteiger partial charge in [0.1, 0.15) is 0 Å². The van der Waals surface area contributed by atoms with Crippen molar-refractivity contribution >= 4 is 31.7 Å². The van der Waals surface area contributed by atoms with Gasteiger partial charge in [-0.3, -0.25) is 0 Å². The van der Waals surface area contributed by atoms with Crippen LogP contribution >= 0.6 is 15.9 Å². The highest BCUT2D eigenvalue weighted by molar-refractivity contribution is 9.10. The molecule has 1 aliphatic carbocycles. The van der Waals surface area contributed by atoms with Crippen LogP contribution in [-0.2, 0) is 14.6 Å². The Kier molecular flexibility index (Phi) is 5.33. The first-order valence-electron chi connectivity index (χ1n) is 7.35. The molecule has 1 saturated carbocycles. The second-order valence-corrected chi connectivity index (χ2v) is 8.93. The molecule has 0 radical (unpaired) electrons. The Balaban J connectivity index is 2.53. The van der Waals surface area contributed by atoms with Gasteiger partial charge in [0.2, 0.25) is 0 Å². The Morgan fingerprint density at radius 1 is 1.23 bits per heavy atom. The molecule has 0 aromatic heterocycles. The summed E-state index contributed by atoms with van der Waals surface area (Å²) in [5.41, 5.74) is 1.06. The van der Waals surface area contributed by atoms with Crippen LogP contribution in [0.3, 0.4) is 0 Å². The number of rotatable bonds is 3. The van der Waals surface area contributed by atoms with E-state index >= 15 is 0 Å². The van der Waals surface area contributed by atoms with Crippen LogP contribution in [0.2, 0.25) is 0 Å². The van der Waals surface area contributed by atoms with Crippen molar-refractivity contribution in [1.82, 2.24) is 0 Å². The minimum Gasteiger partial charge on any atom is -0.465 e. The van der Waals surface area contributed by atoms with Crippen molar-refractivity contribution in [3.8, 4) is 0 Å². The minimum absolute atomic E-state index is 0.226. The minimum atomic E-state index is -3.41. The summed E-state index contributed by atoms with van der Waals surface area (Å²) in [7, 11) is -2.12. The lowest BCUT2D eigenvalue weighted by Gasteiger charge is -2.28. The van der Waals surface area contributed by atoms with E-state index in [-0.39, 0.29) is 16.4 Å². The highest BCUT2D eigenvalue weighted by Crippen LogP contribution is 2.40. The van der Waals surface area contributed by atoms with E-state index in [1.165, 1.54) is 19.4 Å². The lowest BCUT2D eigenvalue weighted by Crippen LogP contribution is -2.15. The zero-order valence-corrected chi connectivity index (χ0v) is 15.5. The summed E-state index contributed by atoms with van der Waals surface area (Å²) in [6.07, 6.45) is 5.35. The summed E-state index contributed by atoms with van der Waals surface area (Å²) in [5, 5.41) is 0. The normalized spacial score (nSPS) is 22.4. The standard InChI is InChI=1S/C16H21BrO4S/c1-10-4-6-11(7-5-10)12-8-14(17)13(16(18)21-2)9-15(12)22(3,19)20/h8-11H,4-7H2,1-3H3. The fourth-order valence-electron chi connectivity index (χ4n) is 3.05. The topological polar surface area (TPSA) is 60.4 Å². The molecular formula is C16H21BrO4S. The van der Waals surface area contributed by atoms with Gasteiger partial charge in [-0.2, -0.15) is 0 Å². The molecule has 6 heteroatoms. The van der Waals surface area contributed by atoms with Crippen molar-refractivity contribution in [2.75, 3.05) is 13.4 Å². The number of methoxy groups -OCH3 is 1. The van der Waals surface area contributed by atoms with Crippen molar-refractivity contribution < 1.29 is 17.9 Å². The lowest BCUT2D eigenvalue weighted by molar-refractivity contribution is 0.0599. The number of esters is 1. The second kappa shape index (κ2) is 6.71. The maximum Gasteiger partial charge on any atom is 0.339 e. The third-order valence-electron chi connectivity index (χ3n) is 4.36. The van der Waals surface area contributed by atoms with E-state index in [0.717, 1.165) is 31.2 Å². The van der Waals surface area contributed by atoms with E-state index in [9.17, 15) is 13.2 Å². The van der Waals surface area contributed by atoms with Gasteiger partial charge in [0, 0.05) is 10.7 Å². The van der Waals surface area contributed by atoms with Crippen LogP contribution in [0.5, 0.6) is 0 Å². The monoisotopic (exact) mass is 388 g/mol. The molecule has 0 saturated heterocycles. The first-order chi connectivity index (χ1) is 10.2. The van der Waals surface area contributed by atoms with Crippen molar-refractivity contribution in [2.45, 2.75) is 43.4 Å². The molecule has 0 atom stereocenters. The van der Waals surface area contributed by atoms with Gasteiger partial charge in [-0.25, -0.2) is 13.2 Å². The molecule has 0 unspecified atom stereocenters. The summed E-state index contributed by atoms with van der Waals surface area (Å²) in [6.45, 7) is 2.23. The van der Waals surface area contributed by atoms with Crippen LogP contribution in [0.4, 0.5) is 0 Å². The quantitative estimate of drug-likeness (QED) is 0.735. The molecule has 122 valence electrons. The van der Waals surface area contributed by atoms with Crippen LogP contribution in [0.25, 0.3) is 0 Å². The van der Waals surface area contributed by atoms with Gasteiger partial charge < -0.3 is 4.74 Å². The number of halogens is 1. The molecule has 0 bridgehead atoms. The van der Waals surface area contributed by atoms with Crippen molar-refractivity contribution in [3.05, 3.63) is 27.7 Å². The molecule has 1 aromatic carbocycles. The Labute approximate surface area is 140 Å². The average molecular weight is 389 g/mol. The third-order valence-corrected chi connectivity index (χ3v) is 6.17. The van der Waals surface area contributed by atoms with E-state index < -0.39 is 15.8 Å². The van der Waals surface area contributed by atoms with E-state index in [1.807, 2.05) is 0 Å². The number of carbonyl (C=O) groups is 1. The molecule has 0 N–H and O–H groups in total. The van der Waals surface area contributed by atoms with Crippen LogP contribution in [0.15, 0.2) is 21.5 Å². The summed E-state index contributed by atoms with van der Waals surface area (Å²) in [4.78, 5) is 12.0. The molecule has 0 spiro atoms. The Morgan fingerprint density at radius 2 is 1.82 bits per heavy atom. The summed E-state index contributed by atoms with van der Waals surface area (Å²) in [6, 6.07) is 3.22. The Hall–Kier alpha value is -0.880. The SMILES string of the molecule is COC(=O)c1cc(S(C)(=O)=O)c(C2CCC(C)CC2)cc1Br. The predicted molar refractivity (Wildman–Crippen MR) is 89.0 cm³/mol. The van der Waals surface area contributed by atoms with E-state index in [4.69, 9.17) is 4.74 Å². The van der Waals surface area contributed by atoms with E-state index in [0.29, 0.717) is 10.4 Å². The van der Waals surface area contributed by atoms with Gasteiger partial charge in [-0.05, 0) is 58.3 Å². The van der Waals surface area contributed by atoms with Gasteiger partial charge in [-0.1, -0.05) is 19.8 Å². The van der Waals surface area contributed by atoms with Gasteiger partial charge in [-0.15, -0.1) is 0 Å². The summed E-state index contributed by atoms with van der Waals surface area (Å²) >= 11 is 3.37. The van der Waals surface area contributed by atoms with Gasteiger partial charge in [0.25, 0.3) is 0 Å². The molecule has 1 aliphatic rings. The van der Waals surface area contributed by atoms with Gasteiger partial charge in [0.15, 0.2) is 9.84 Å². The molecule has 2 rings (SSSR count). The molecule has 4 nitrogen and oxygen atoms in total. The highest BCUT2D eigenvalue weighted by atomic mass is 79.9. The molecule has 22 heavy (non-hydrogen) atoms. The first kappa shape index (κ1) is 17.5. The third kappa shape index (κ3) is 3.71. The molecule has 1 aromatic rings. The van der Waals surface area contributed by atoms with Gasteiger partial charge in [0.05, 0.1) is 17.6 Å². The fourth-order valence-corrected chi connectivity index (χ4v) is 4.56. The molecule has 0 aliphatic heterocycles. The predicted octanol–water partition coefficient (Wildman–Crippen LogP) is 3.93. The largest absolute Gasteiger partial charge is 0.465 e. The summed E-state index contributed by atoms with van der Waals surface area (Å²) < 4.78 is 29.6. The second-order valence-electron chi connectivity index (χ2n) is 6.09. The number of ether oxygens (including phenoxy) is 1. The van der Waals surface area contributed by atoms with E-state index in [1.54, 1.807) is 6.07 Å². The first-order valence-corrected chi connectivity index (χ1v) is 10.0. The molecule has 0 heterocycles. The highest BCUT2D eigenvalue weighted by Gasteiger charge is 2.27. The maximum absolute atomic E-state index is 12.2. The molecule has 0 amide bonds. The van der Waals surface area contributed by atoms with E-state index in [2.05, 4.69) is 22.9 Å². The maximum atomic E-state index is 12.2. The number of hydrogen-bond acceptors (Lipinski definition) is 4. The van der Waals surface area contributed by atoms with Crippen molar-refractivity contribution in [3.63, 3.8) is 0 Å². The number of sulfone groups is 1. The lowest BCUT2D eigenvalue weighted by atomic mass is 9.79.